The van der Waals surface area contributed by atoms with Crippen molar-refractivity contribution in [3.05, 3.63) is 23.2 Å². The van der Waals surface area contributed by atoms with Crippen molar-refractivity contribution in [2.45, 2.75) is 43.0 Å². The fourth-order valence-electron chi connectivity index (χ4n) is 2.41. The van der Waals surface area contributed by atoms with Crippen molar-refractivity contribution >= 4 is 27.6 Å². The highest BCUT2D eigenvalue weighted by molar-refractivity contribution is 7.89. The molecule has 1 aromatic carbocycles. The van der Waals surface area contributed by atoms with E-state index in [4.69, 9.17) is 21.4 Å². The molecule has 22 heavy (non-hydrogen) atoms. The fourth-order valence-corrected chi connectivity index (χ4v) is 4.04. The summed E-state index contributed by atoms with van der Waals surface area (Å²) < 4.78 is 32.3. The van der Waals surface area contributed by atoms with Crippen molar-refractivity contribution in [2.24, 2.45) is 0 Å². The van der Waals surface area contributed by atoms with Gasteiger partial charge in [-0.2, -0.15) is 0 Å². The van der Waals surface area contributed by atoms with Crippen LogP contribution in [-0.2, 0) is 14.8 Å². The van der Waals surface area contributed by atoms with E-state index >= 15 is 0 Å². The number of benzene rings is 1. The van der Waals surface area contributed by atoms with Gasteiger partial charge in [-0.15, -0.1) is 0 Å². The van der Waals surface area contributed by atoms with Crippen molar-refractivity contribution in [2.75, 3.05) is 6.61 Å². The largest absolute Gasteiger partial charge is 0.480 e. The lowest BCUT2D eigenvalue weighted by Gasteiger charge is -2.22. The second-order valence-electron chi connectivity index (χ2n) is 5.23. The van der Waals surface area contributed by atoms with Gasteiger partial charge in [0.15, 0.2) is 6.61 Å². The minimum absolute atomic E-state index is 0.0412. The molecule has 1 fully saturated rings. The van der Waals surface area contributed by atoms with E-state index in [1.807, 2.05) is 0 Å². The molecule has 1 aromatic rings. The molecule has 0 saturated heterocycles. The molecule has 0 amide bonds. The molecule has 0 heterocycles. The number of halogens is 1. The van der Waals surface area contributed by atoms with Gasteiger partial charge in [-0.25, -0.2) is 17.9 Å². The SMILES string of the molecule is O=C(O)COc1ccc(S(=O)(=O)NC2CCCCC2)cc1Cl. The van der Waals surface area contributed by atoms with Crippen LogP contribution in [0.15, 0.2) is 23.1 Å². The van der Waals surface area contributed by atoms with Crippen LogP contribution in [-0.4, -0.2) is 32.1 Å². The standard InChI is InChI=1S/C14H18ClNO5S/c15-12-8-11(6-7-13(12)21-9-14(17)18)22(19,20)16-10-4-2-1-3-5-10/h6-8,10,16H,1-5,9H2,(H,17,18). The van der Waals surface area contributed by atoms with E-state index in [-0.39, 0.29) is 21.7 Å². The van der Waals surface area contributed by atoms with Gasteiger partial charge in [-0.05, 0) is 31.0 Å². The number of nitrogens with one attached hydrogen (secondary N) is 1. The van der Waals surface area contributed by atoms with Crippen LogP contribution in [0, 0.1) is 0 Å². The summed E-state index contributed by atoms with van der Waals surface area (Å²) in [6, 6.07) is 3.94. The second-order valence-corrected chi connectivity index (χ2v) is 7.35. The smallest absolute Gasteiger partial charge is 0.341 e. The summed E-state index contributed by atoms with van der Waals surface area (Å²) in [5.41, 5.74) is 0. The fraction of sp³-hybridized carbons (Fsp3) is 0.500. The minimum atomic E-state index is -3.64. The Morgan fingerprint density at radius 2 is 2.00 bits per heavy atom. The van der Waals surface area contributed by atoms with Crippen LogP contribution in [0.4, 0.5) is 0 Å². The molecule has 0 aromatic heterocycles. The number of sulfonamides is 1. The first kappa shape index (κ1) is 17.1. The molecular weight excluding hydrogens is 330 g/mol. The van der Waals surface area contributed by atoms with Crippen LogP contribution < -0.4 is 9.46 Å². The zero-order valence-corrected chi connectivity index (χ0v) is 13.5. The summed E-state index contributed by atoms with van der Waals surface area (Å²) in [5.74, 6) is -0.993. The molecule has 0 aliphatic heterocycles. The number of hydrogen-bond acceptors (Lipinski definition) is 4. The predicted octanol–water partition coefficient (Wildman–Crippen LogP) is 2.41. The summed E-state index contributed by atoms with van der Waals surface area (Å²) in [5, 5.41) is 8.62. The van der Waals surface area contributed by atoms with Crippen LogP contribution in [0.1, 0.15) is 32.1 Å². The van der Waals surface area contributed by atoms with Crippen LogP contribution in [0.5, 0.6) is 5.75 Å². The topological polar surface area (TPSA) is 92.7 Å². The maximum Gasteiger partial charge on any atom is 0.341 e. The lowest BCUT2D eigenvalue weighted by atomic mass is 9.96. The summed E-state index contributed by atoms with van der Waals surface area (Å²) in [6.45, 7) is -0.536. The van der Waals surface area contributed by atoms with Gasteiger partial charge < -0.3 is 9.84 Å². The third kappa shape index (κ3) is 4.59. The average Bonchev–Trinajstić information content (AvgIpc) is 2.46. The Labute approximate surface area is 134 Å². The Morgan fingerprint density at radius 3 is 2.59 bits per heavy atom. The molecule has 6 nitrogen and oxygen atoms in total. The van der Waals surface area contributed by atoms with Gasteiger partial charge >= 0.3 is 5.97 Å². The highest BCUT2D eigenvalue weighted by Gasteiger charge is 2.22. The Morgan fingerprint density at radius 1 is 1.32 bits per heavy atom. The van der Waals surface area contributed by atoms with Crippen LogP contribution in [0.25, 0.3) is 0 Å². The summed E-state index contributed by atoms with van der Waals surface area (Å²) in [7, 11) is -3.64. The Balaban J connectivity index is 2.10. The van der Waals surface area contributed by atoms with Crippen LogP contribution in [0.3, 0.4) is 0 Å². The Kier molecular flexibility index (Phi) is 5.66. The molecule has 0 spiro atoms. The Hall–Kier alpha value is -1.31. The van der Waals surface area contributed by atoms with Crippen molar-refractivity contribution in [3.8, 4) is 5.75 Å². The molecule has 2 N–H and O–H groups in total. The van der Waals surface area contributed by atoms with E-state index < -0.39 is 22.6 Å². The number of aliphatic carboxylic acids is 1. The van der Waals surface area contributed by atoms with Gasteiger partial charge in [0.1, 0.15) is 5.75 Å². The van der Waals surface area contributed by atoms with Gasteiger partial charge in [0.25, 0.3) is 0 Å². The highest BCUT2D eigenvalue weighted by atomic mass is 35.5. The normalized spacial score (nSPS) is 16.4. The first-order valence-corrected chi connectivity index (χ1v) is 8.91. The van der Waals surface area contributed by atoms with Gasteiger partial charge in [0, 0.05) is 6.04 Å². The third-order valence-corrected chi connectivity index (χ3v) is 5.31. The maximum absolute atomic E-state index is 12.3. The average molecular weight is 348 g/mol. The van der Waals surface area contributed by atoms with E-state index in [9.17, 15) is 13.2 Å². The molecular formula is C14H18ClNO5S. The van der Waals surface area contributed by atoms with E-state index in [1.165, 1.54) is 18.2 Å². The summed E-state index contributed by atoms with van der Waals surface area (Å²) in [4.78, 5) is 10.5. The summed E-state index contributed by atoms with van der Waals surface area (Å²) >= 11 is 5.95. The summed E-state index contributed by atoms with van der Waals surface area (Å²) in [6.07, 6.45) is 4.87. The Bertz CT molecular complexity index is 641. The molecule has 2 rings (SSSR count). The zero-order valence-electron chi connectivity index (χ0n) is 11.9. The van der Waals surface area contributed by atoms with Gasteiger partial charge in [0.05, 0.1) is 9.92 Å². The monoisotopic (exact) mass is 347 g/mol. The number of carbonyl (C=O) groups is 1. The number of carboxylic acids is 1. The van der Waals surface area contributed by atoms with Crippen molar-refractivity contribution in [1.29, 1.82) is 0 Å². The van der Waals surface area contributed by atoms with Crippen LogP contribution in [0.2, 0.25) is 5.02 Å². The minimum Gasteiger partial charge on any atom is -0.480 e. The number of carboxylic acid groups (broad SMARTS) is 1. The van der Waals surface area contributed by atoms with Gasteiger partial charge in [-0.1, -0.05) is 30.9 Å². The first-order chi connectivity index (χ1) is 10.4. The highest BCUT2D eigenvalue weighted by Crippen LogP contribution is 2.28. The van der Waals surface area contributed by atoms with Crippen LogP contribution >= 0.6 is 11.6 Å². The van der Waals surface area contributed by atoms with Crippen molar-refractivity contribution < 1.29 is 23.1 Å². The first-order valence-electron chi connectivity index (χ1n) is 7.05. The lowest BCUT2D eigenvalue weighted by molar-refractivity contribution is -0.139. The zero-order chi connectivity index (χ0) is 16.2. The molecule has 0 unspecified atom stereocenters. The molecule has 0 bridgehead atoms. The van der Waals surface area contributed by atoms with E-state index in [1.54, 1.807) is 0 Å². The molecule has 122 valence electrons. The second kappa shape index (κ2) is 7.30. The predicted molar refractivity (Wildman–Crippen MR) is 81.8 cm³/mol. The number of hydrogen-bond donors (Lipinski definition) is 2. The molecule has 1 aliphatic rings. The van der Waals surface area contributed by atoms with E-state index in [2.05, 4.69) is 4.72 Å². The van der Waals surface area contributed by atoms with Gasteiger partial charge in [0.2, 0.25) is 10.0 Å². The maximum atomic E-state index is 12.3. The van der Waals surface area contributed by atoms with E-state index in [0.29, 0.717) is 0 Å². The quantitative estimate of drug-likeness (QED) is 0.824. The molecule has 1 saturated carbocycles. The molecule has 8 heteroatoms. The molecule has 0 atom stereocenters. The lowest BCUT2D eigenvalue weighted by Crippen LogP contribution is -2.36. The number of rotatable bonds is 6. The van der Waals surface area contributed by atoms with E-state index in [0.717, 1.165) is 32.1 Å². The van der Waals surface area contributed by atoms with Gasteiger partial charge in [-0.3, -0.25) is 0 Å². The molecule has 1 aliphatic carbocycles. The third-order valence-electron chi connectivity index (χ3n) is 3.49. The number of ether oxygens (including phenoxy) is 1. The van der Waals surface area contributed by atoms with Crippen molar-refractivity contribution in [1.82, 2.24) is 4.72 Å². The molecule has 0 radical (unpaired) electrons. The van der Waals surface area contributed by atoms with Crippen molar-refractivity contribution in [3.63, 3.8) is 0 Å².